The molecular formula is C14H25ClO4. The highest BCUT2D eigenvalue weighted by molar-refractivity contribution is 6.66. The van der Waals surface area contributed by atoms with Crippen molar-refractivity contribution in [2.24, 2.45) is 0 Å². The number of carbonyl (C=O) groups excluding carboxylic acids is 2. The molecule has 0 saturated heterocycles. The minimum absolute atomic E-state index is 0.330. The normalized spacial score (nSPS) is 8.00. The first kappa shape index (κ1) is 23.0. The number of allylic oxidation sites excluding steroid dienone is 1. The molecule has 0 aliphatic rings. The monoisotopic (exact) mass is 292 g/mol. The minimum atomic E-state index is -0.509. The van der Waals surface area contributed by atoms with Crippen LogP contribution in [-0.2, 0) is 14.3 Å². The average molecular weight is 293 g/mol. The minimum Gasteiger partial charge on any atom is -0.463 e. The highest BCUT2D eigenvalue weighted by Crippen LogP contribution is 1.88. The van der Waals surface area contributed by atoms with Crippen molar-refractivity contribution >= 4 is 22.8 Å². The molecule has 0 atom stereocenters. The highest BCUT2D eigenvalue weighted by atomic mass is 35.5. The highest BCUT2D eigenvalue weighted by Gasteiger charge is 1.91. The molecule has 0 aromatic carbocycles. The fourth-order valence-electron chi connectivity index (χ4n) is 0.534. The van der Waals surface area contributed by atoms with Crippen LogP contribution in [0, 0.1) is 0 Å². The van der Waals surface area contributed by atoms with Gasteiger partial charge in [-0.05, 0) is 30.5 Å². The molecule has 1 N–H and O–H groups in total. The number of halogens is 1. The number of carbonyl (C=O) groups is 2. The standard InChI is InChI=1S/C7H12O2.C4H10O.C3H3ClO/c1-3-5-6-9-7(8)4-2;1-2-3-4-5;1-2-3(4)5/h4H,2-3,5-6H2,1H3;5H,2-4H2,1H3;2H,1H2. The van der Waals surface area contributed by atoms with Gasteiger partial charge in [0.25, 0.3) is 0 Å². The van der Waals surface area contributed by atoms with Gasteiger partial charge in [0.15, 0.2) is 0 Å². The Hall–Kier alpha value is -1.13. The van der Waals surface area contributed by atoms with Gasteiger partial charge in [0.05, 0.1) is 6.61 Å². The summed E-state index contributed by atoms with van der Waals surface area (Å²) in [6.45, 7) is 11.3. The molecule has 0 bridgehead atoms. The van der Waals surface area contributed by atoms with Crippen LogP contribution in [0.15, 0.2) is 25.3 Å². The molecule has 0 aliphatic carbocycles. The van der Waals surface area contributed by atoms with E-state index in [1.165, 1.54) is 6.08 Å². The third kappa shape index (κ3) is 38.3. The molecule has 0 rings (SSSR count). The van der Waals surface area contributed by atoms with E-state index in [0.717, 1.165) is 31.8 Å². The third-order valence-corrected chi connectivity index (χ3v) is 1.74. The fourth-order valence-corrected chi connectivity index (χ4v) is 0.534. The second-order valence-corrected chi connectivity index (χ2v) is 3.68. The summed E-state index contributed by atoms with van der Waals surface area (Å²) in [6, 6.07) is 0. The van der Waals surface area contributed by atoms with Crippen molar-refractivity contribution in [2.75, 3.05) is 13.2 Å². The van der Waals surface area contributed by atoms with Crippen molar-refractivity contribution in [3.63, 3.8) is 0 Å². The second-order valence-electron chi connectivity index (χ2n) is 3.31. The van der Waals surface area contributed by atoms with Gasteiger partial charge in [-0.15, -0.1) is 0 Å². The SMILES string of the molecule is C=CC(=O)Cl.C=CC(=O)OCCCC.CCCCO. The van der Waals surface area contributed by atoms with E-state index in [1.807, 2.05) is 6.92 Å². The second kappa shape index (κ2) is 22.1. The lowest BCUT2D eigenvalue weighted by Crippen LogP contribution is -2.00. The van der Waals surface area contributed by atoms with E-state index < -0.39 is 5.24 Å². The summed E-state index contributed by atoms with van der Waals surface area (Å²) in [5.41, 5.74) is 0. The molecule has 0 aromatic rings. The summed E-state index contributed by atoms with van der Waals surface area (Å²) in [6.07, 6.45) is 6.23. The largest absolute Gasteiger partial charge is 0.463 e. The number of aliphatic hydroxyl groups excluding tert-OH is 1. The van der Waals surface area contributed by atoms with Crippen molar-refractivity contribution in [1.82, 2.24) is 0 Å². The predicted molar refractivity (Wildman–Crippen MR) is 79.1 cm³/mol. The van der Waals surface area contributed by atoms with E-state index in [-0.39, 0.29) is 5.97 Å². The van der Waals surface area contributed by atoms with Crippen LogP contribution < -0.4 is 0 Å². The molecule has 0 amide bonds. The lowest BCUT2D eigenvalue weighted by molar-refractivity contribution is -0.137. The molecule has 112 valence electrons. The van der Waals surface area contributed by atoms with E-state index in [9.17, 15) is 9.59 Å². The van der Waals surface area contributed by atoms with Gasteiger partial charge in [0.2, 0.25) is 5.24 Å². The first-order chi connectivity index (χ1) is 8.99. The van der Waals surface area contributed by atoms with Crippen LogP contribution in [0.1, 0.15) is 39.5 Å². The Labute approximate surface area is 121 Å². The maximum absolute atomic E-state index is 10.3. The first-order valence-corrected chi connectivity index (χ1v) is 6.59. The number of ether oxygens (including phenoxy) is 1. The van der Waals surface area contributed by atoms with Crippen LogP contribution in [0.25, 0.3) is 0 Å². The smallest absolute Gasteiger partial charge is 0.330 e. The molecule has 0 aromatic heterocycles. The van der Waals surface area contributed by atoms with E-state index in [0.29, 0.717) is 13.2 Å². The number of hydrogen-bond acceptors (Lipinski definition) is 4. The maximum atomic E-state index is 10.3. The Morgan fingerprint density at radius 3 is 1.84 bits per heavy atom. The fraction of sp³-hybridized carbons (Fsp3) is 0.571. The van der Waals surface area contributed by atoms with Crippen molar-refractivity contribution in [3.05, 3.63) is 25.3 Å². The number of aliphatic hydroxyl groups is 1. The van der Waals surface area contributed by atoms with E-state index in [4.69, 9.17) is 16.7 Å². The van der Waals surface area contributed by atoms with Crippen LogP contribution in [0.5, 0.6) is 0 Å². The van der Waals surface area contributed by atoms with Crippen LogP contribution in [0.4, 0.5) is 0 Å². The molecule has 0 heterocycles. The molecule has 4 nitrogen and oxygen atoms in total. The number of hydrogen-bond donors (Lipinski definition) is 1. The van der Waals surface area contributed by atoms with Crippen molar-refractivity contribution in [3.8, 4) is 0 Å². The lowest BCUT2D eigenvalue weighted by atomic mass is 10.4. The number of unbranched alkanes of at least 4 members (excludes halogenated alkanes) is 2. The molecular weight excluding hydrogens is 268 g/mol. The Balaban J connectivity index is -0.000000219. The Kier molecular flexibility index (Phi) is 26.7. The summed E-state index contributed by atoms with van der Waals surface area (Å²) in [4.78, 5) is 19.8. The number of rotatable bonds is 7. The van der Waals surface area contributed by atoms with Crippen LogP contribution in [0.2, 0.25) is 0 Å². The summed E-state index contributed by atoms with van der Waals surface area (Å²) in [7, 11) is 0. The van der Waals surface area contributed by atoms with E-state index >= 15 is 0 Å². The van der Waals surface area contributed by atoms with Gasteiger partial charge in [0, 0.05) is 12.7 Å². The van der Waals surface area contributed by atoms with Gasteiger partial charge in [0.1, 0.15) is 0 Å². The molecule has 0 fully saturated rings. The Morgan fingerprint density at radius 1 is 1.16 bits per heavy atom. The lowest BCUT2D eigenvalue weighted by Gasteiger charge is -1.97. The van der Waals surface area contributed by atoms with Crippen LogP contribution >= 0.6 is 11.6 Å². The van der Waals surface area contributed by atoms with E-state index in [1.54, 1.807) is 0 Å². The zero-order valence-corrected chi connectivity index (χ0v) is 12.6. The van der Waals surface area contributed by atoms with Crippen molar-refractivity contribution in [2.45, 2.75) is 39.5 Å². The zero-order valence-electron chi connectivity index (χ0n) is 11.9. The zero-order chi connectivity index (χ0) is 15.5. The summed E-state index contributed by atoms with van der Waals surface area (Å²) >= 11 is 4.71. The van der Waals surface area contributed by atoms with Gasteiger partial charge in [-0.25, -0.2) is 4.79 Å². The average Bonchev–Trinajstić information content (AvgIpc) is 2.41. The van der Waals surface area contributed by atoms with Gasteiger partial charge in [-0.3, -0.25) is 4.79 Å². The van der Waals surface area contributed by atoms with Crippen molar-refractivity contribution in [1.29, 1.82) is 0 Å². The summed E-state index contributed by atoms with van der Waals surface area (Å²) < 4.78 is 4.67. The molecule has 0 spiro atoms. The van der Waals surface area contributed by atoms with E-state index in [2.05, 4.69) is 24.8 Å². The topological polar surface area (TPSA) is 63.6 Å². The van der Waals surface area contributed by atoms with Crippen LogP contribution in [0.3, 0.4) is 0 Å². The third-order valence-electron chi connectivity index (χ3n) is 1.58. The molecule has 0 radical (unpaired) electrons. The van der Waals surface area contributed by atoms with Gasteiger partial charge < -0.3 is 9.84 Å². The molecule has 19 heavy (non-hydrogen) atoms. The molecule has 0 unspecified atom stereocenters. The van der Waals surface area contributed by atoms with Gasteiger partial charge in [-0.2, -0.15) is 0 Å². The Bertz CT molecular complexity index is 238. The molecule has 0 aliphatic heterocycles. The Morgan fingerprint density at radius 2 is 1.63 bits per heavy atom. The van der Waals surface area contributed by atoms with Gasteiger partial charge in [-0.1, -0.05) is 39.8 Å². The molecule has 0 saturated carbocycles. The first-order valence-electron chi connectivity index (χ1n) is 6.21. The number of esters is 1. The summed E-state index contributed by atoms with van der Waals surface area (Å²) in [5.74, 6) is -0.330. The molecule has 5 heteroatoms. The predicted octanol–water partition coefficient (Wildman–Crippen LogP) is 3.23. The quantitative estimate of drug-likeness (QED) is 0.339. The van der Waals surface area contributed by atoms with Crippen LogP contribution in [-0.4, -0.2) is 29.5 Å². The maximum Gasteiger partial charge on any atom is 0.330 e. The van der Waals surface area contributed by atoms with Gasteiger partial charge >= 0.3 is 5.97 Å². The van der Waals surface area contributed by atoms with Crippen molar-refractivity contribution < 1.29 is 19.4 Å². The summed E-state index contributed by atoms with van der Waals surface area (Å²) in [5, 5.41) is 7.56.